The average Bonchev–Trinajstić information content (AvgIpc) is 3.75. The molecule has 3 heterocycles. The van der Waals surface area contributed by atoms with Gasteiger partial charge in [-0.1, -0.05) is 12.8 Å². The summed E-state index contributed by atoms with van der Waals surface area (Å²) in [6, 6.07) is 1.81. The number of amides is 1. The van der Waals surface area contributed by atoms with Crippen LogP contribution in [0, 0.1) is 5.41 Å². The van der Waals surface area contributed by atoms with Gasteiger partial charge in [-0.2, -0.15) is 0 Å². The van der Waals surface area contributed by atoms with E-state index in [0.717, 1.165) is 31.2 Å². The smallest absolute Gasteiger partial charge is 0.306 e. The summed E-state index contributed by atoms with van der Waals surface area (Å²) < 4.78 is 29.1. The van der Waals surface area contributed by atoms with E-state index in [-0.39, 0.29) is 62.2 Å². The monoisotopic (exact) mass is 621 g/mol. The molecule has 0 bridgehead atoms. The van der Waals surface area contributed by atoms with Gasteiger partial charge in [-0.15, -0.1) is 0 Å². The first-order valence-corrected chi connectivity index (χ1v) is 15.3. The minimum atomic E-state index is -2.19. The van der Waals surface area contributed by atoms with E-state index in [0.29, 0.717) is 23.1 Å². The number of benzene rings is 1. The molecule has 2 aliphatic heterocycles. The van der Waals surface area contributed by atoms with Crippen molar-refractivity contribution in [2.75, 3.05) is 33.5 Å². The molecule has 3 aliphatic rings. The molecule has 2 saturated heterocycles. The van der Waals surface area contributed by atoms with Gasteiger partial charge < -0.3 is 54.2 Å². The third-order valence-electron chi connectivity index (χ3n) is 9.51. The number of rotatable bonds is 12. The van der Waals surface area contributed by atoms with Gasteiger partial charge in [0.15, 0.2) is 16.9 Å². The van der Waals surface area contributed by atoms with Crippen molar-refractivity contribution in [2.45, 2.75) is 94.4 Å². The van der Waals surface area contributed by atoms with Gasteiger partial charge in [0.25, 0.3) is 0 Å². The summed E-state index contributed by atoms with van der Waals surface area (Å²) in [6.45, 7) is 1.40. The minimum Gasteiger partial charge on any atom is -0.490 e. The van der Waals surface area contributed by atoms with Gasteiger partial charge in [0.05, 0.1) is 32.0 Å². The number of carbonyl (C=O) groups excluding carboxylic acids is 2. The predicted octanol–water partition coefficient (Wildman–Crippen LogP) is 1.03. The Morgan fingerprint density at radius 1 is 1.18 bits per heavy atom. The molecule has 1 spiro atoms. The maximum Gasteiger partial charge on any atom is 0.306 e. The Balaban J connectivity index is 1.61. The van der Waals surface area contributed by atoms with Crippen molar-refractivity contribution < 1.29 is 58.5 Å². The first-order chi connectivity index (χ1) is 21.1. The Kier molecular flexibility index (Phi) is 9.73. The van der Waals surface area contributed by atoms with Gasteiger partial charge in [-0.3, -0.25) is 9.59 Å². The number of fused-ring (bicyclic) bond motifs is 1. The lowest BCUT2D eigenvalue weighted by Gasteiger charge is -2.47. The van der Waals surface area contributed by atoms with Crippen LogP contribution in [0.1, 0.15) is 68.9 Å². The predicted molar refractivity (Wildman–Crippen MR) is 154 cm³/mol. The molecule has 13 nitrogen and oxygen atoms in total. The molecule has 44 heavy (non-hydrogen) atoms. The van der Waals surface area contributed by atoms with Crippen LogP contribution in [0.15, 0.2) is 16.7 Å². The van der Waals surface area contributed by atoms with Gasteiger partial charge in [-0.05, 0) is 50.7 Å². The number of nitrogens with one attached hydrogen (secondary N) is 1. The molecule has 1 saturated carbocycles. The van der Waals surface area contributed by atoms with Crippen molar-refractivity contribution in [1.82, 2.24) is 5.32 Å². The molecule has 1 aromatic heterocycles. The molecule has 1 aromatic carbocycles. The van der Waals surface area contributed by atoms with Crippen molar-refractivity contribution >= 4 is 22.8 Å². The second kappa shape index (κ2) is 13.2. The van der Waals surface area contributed by atoms with Gasteiger partial charge in [0, 0.05) is 36.4 Å². The highest BCUT2D eigenvalue weighted by Crippen LogP contribution is 2.54. The van der Waals surface area contributed by atoms with Crippen molar-refractivity contribution in [2.24, 2.45) is 5.41 Å². The lowest BCUT2D eigenvalue weighted by atomic mass is 9.72. The molecule has 3 fully saturated rings. The summed E-state index contributed by atoms with van der Waals surface area (Å²) in [5.74, 6) is -0.332. The zero-order valence-corrected chi connectivity index (χ0v) is 25.1. The summed E-state index contributed by atoms with van der Waals surface area (Å²) in [5.41, 5.74) is -1.09. The second-order valence-electron chi connectivity index (χ2n) is 12.0. The molecular formula is C31H43NO12. The molecule has 1 aliphatic carbocycles. The summed E-state index contributed by atoms with van der Waals surface area (Å²) in [4.78, 5) is 25.4. The van der Waals surface area contributed by atoms with Crippen molar-refractivity contribution in [1.29, 1.82) is 0 Å². The van der Waals surface area contributed by atoms with Crippen molar-refractivity contribution in [3.63, 3.8) is 0 Å². The third-order valence-corrected chi connectivity index (χ3v) is 9.51. The summed E-state index contributed by atoms with van der Waals surface area (Å²) >= 11 is 0. The highest BCUT2D eigenvalue weighted by atomic mass is 16.7. The normalized spacial score (nSPS) is 29.7. The van der Waals surface area contributed by atoms with Crippen LogP contribution in [-0.2, 0) is 25.5 Å². The molecular weight excluding hydrogens is 578 g/mol. The highest BCUT2D eigenvalue weighted by Gasteiger charge is 2.56. The largest absolute Gasteiger partial charge is 0.490 e. The number of aryl methyl sites for hydroxylation is 1. The number of hydrogen-bond acceptors (Lipinski definition) is 12. The second-order valence-corrected chi connectivity index (χ2v) is 12.0. The van der Waals surface area contributed by atoms with E-state index in [1.807, 2.05) is 0 Å². The summed E-state index contributed by atoms with van der Waals surface area (Å²) in [6.07, 6.45) is -1.27. The van der Waals surface area contributed by atoms with Crippen molar-refractivity contribution in [3.8, 4) is 11.5 Å². The Labute approximate surface area is 255 Å². The van der Waals surface area contributed by atoms with Gasteiger partial charge in [0.1, 0.15) is 18.3 Å². The summed E-state index contributed by atoms with van der Waals surface area (Å²) in [5, 5.41) is 56.0. The molecule has 5 rings (SSSR count). The van der Waals surface area contributed by atoms with Crippen LogP contribution in [-0.4, -0.2) is 101 Å². The highest BCUT2D eigenvalue weighted by molar-refractivity contribution is 5.93. The van der Waals surface area contributed by atoms with E-state index in [2.05, 4.69) is 5.32 Å². The van der Waals surface area contributed by atoms with E-state index < -0.39 is 48.2 Å². The van der Waals surface area contributed by atoms with Crippen LogP contribution in [0.5, 0.6) is 11.5 Å². The van der Waals surface area contributed by atoms with Crippen LogP contribution in [0.3, 0.4) is 0 Å². The SMILES string of the molecule is CCOC(=O)CCc1cc2c([C@H]3CNC(=O)C34CCCC4)coc2c(OC)c1O[C@@H]1O[C@H](CO)[C@@H](O)[C@H](O)[C@]1(O)CCCO. The standard InChI is InChI=1S/C31H43NO12/c1-3-41-22(35)8-7-17-13-18-19(20-14-32-28(38)30(20)9-4-5-10-30)16-42-25(18)26(40-2)24(17)44-29-31(39,11-6-12-33)27(37)23(36)21(15-34)43-29/h13,16,20-21,23,27,29,33-34,36-37,39H,3-12,14-15H2,1-2H3,(H,32,38)/t20-,21-,23-,27+,29+,31-/m1/s1. The molecule has 13 heteroatoms. The minimum absolute atomic E-state index is 0.0135. The average molecular weight is 622 g/mol. The van der Waals surface area contributed by atoms with Crippen LogP contribution in [0.2, 0.25) is 0 Å². The fraction of sp³-hybridized carbons (Fsp3) is 0.677. The molecule has 6 atom stereocenters. The first kappa shape index (κ1) is 32.5. The lowest BCUT2D eigenvalue weighted by Crippen LogP contribution is -2.68. The third kappa shape index (κ3) is 5.54. The number of carbonyl (C=O) groups is 2. The van der Waals surface area contributed by atoms with E-state index in [9.17, 15) is 35.1 Å². The molecule has 0 unspecified atom stereocenters. The van der Waals surface area contributed by atoms with Gasteiger partial charge >= 0.3 is 5.97 Å². The number of ether oxygens (including phenoxy) is 4. The van der Waals surface area contributed by atoms with E-state index in [4.69, 9.17) is 23.4 Å². The molecule has 244 valence electrons. The number of hydrogen-bond donors (Lipinski definition) is 6. The van der Waals surface area contributed by atoms with E-state index >= 15 is 0 Å². The Morgan fingerprint density at radius 2 is 1.93 bits per heavy atom. The number of furan rings is 1. The Hall–Kier alpha value is -2.94. The first-order valence-electron chi connectivity index (χ1n) is 15.3. The van der Waals surface area contributed by atoms with Gasteiger partial charge in [-0.25, -0.2) is 0 Å². The topological polar surface area (TPSA) is 197 Å². The maximum absolute atomic E-state index is 13.0. The van der Waals surface area contributed by atoms with Crippen LogP contribution < -0.4 is 14.8 Å². The quantitative estimate of drug-likeness (QED) is 0.184. The van der Waals surface area contributed by atoms with Crippen LogP contribution in [0.4, 0.5) is 0 Å². The van der Waals surface area contributed by atoms with Crippen LogP contribution in [0.25, 0.3) is 11.0 Å². The van der Waals surface area contributed by atoms with E-state index in [1.54, 1.807) is 19.3 Å². The van der Waals surface area contributed by atoms with Crippen LogP contribution >= 0.6 is 0 Å². The zero-order chi connectivity index (χ0) is 31.6. The number of esters is 1. The molecule has 2 aromatic rings. The van der Waals surface area contributed by atoms with Gasteiger partial charge in [0.2, 0.25) is 17.9 Å². The molecule has 1 amide bonds. The number of aliphatic hydroxyl groups is 5. The maximum atomic E-state index is 13.0. The zero-order valence-electron chi connectivity index (χ0n) is 25.1. The van der Waals surface area contributed by atoms with E-state index in [1.165, 1.54) is 7.11 Å². The molecule has 6 N–H and O–H groups in total. The fourth-order valence-electron chi connectivity index (χ4n) is 7.16. The number of aliphatic hydroxyl groups excluding tert-OH is 4. The fourth-order valence-corrected chi connectivity index (χ4v) is 7.16. The summed E-state index contributed by atoms with van der Waals surface area (Å²) in [7, 11) is 1.41. The Bertz CT molecular complexity index is 1340. The lowest BCUT2D eigenvalue weighted by molar-refractivity contribution is -0.322. The Morgan fingerprint density at radius 3 is 2.59 bits per heavy atom. The van der Waals surface area contributed by atoms with Crippen molar-refractivity contribution in [3.05, 3.63) is 23.5 Å². The number of methoxy groups -OCH3 is 1. The molecule has 0 radical (unpaired) electrons.